The van der Waals surface area contributed by atoms with E-state index in [-0.39, 0.29) is 11.5 Å². The number of rotatable bonds is 8. The van der Waals surface area contributed by atoms with E-state index in [9.17, 15) is 14.4 Å². The van der Waals surface area contributed by atoms with Crippen LogP contribution in [0, 0.1) is 0 Å². The second-order valence-electron chi connectivity index (χ2n) is 8.36. The second kappa shape index (κ2) is 10.2. The number of anilines is 2. The van der Waals surface area contributed by atoms with Crippen molar-refractivity contribution in [1.82, 2.24) is 4.90 Å². The number of nitrogens with zero attached hydrogens (tertiary/aromatic N) is 1. The Morgan fingerprint density at radius 2 is 1.69 bits per heavy atom. The van der Waals surface area contributed by atoms with E-state index in [1.807, 2.05) is 68.7 Å². The molecule has 0 aromatic heterocycles. The van der Waals surface area contributed by atoms with Gasteiger partial charge in [0.25, 0.3) is 5.91 Å². The van der Waals surface area contributed by atoms with Gasteiger partial charge in [0, 0.05) is 17.8 Å². The maximum atomic E-state index is 13.1. The number of esters is 1. The zero-order chi connectivity index (χ0) is 24.9. The minimum Gasteiger partial charge on any atom is -0.479 e. The smallest absolute Gasteiger partial charge is 0.341 e. The molecule has 1 aliphatic rings. The Labute approximate surface area is 202 Å². The van der Waals surface area contributed by atoms with Crippen LogP contribution in [0.4, 0.5) is 11.4 Å². The summed E-state index contributed by atoms with van der Waals surface area (Å²) < 4.78 is 4.75. The normalized spacial score (nSPS) is 13.7. The monoisotopic (exact) mass is 471 g/mol. The highest BCUT2D eigenvalue weighted by Gasteiger charge is 2.29. The Kier molecular flexibility index (Phi) is 6.93. The first-order valence-electron chi connectivity index (χ1n) is 11.0. The fourth-order valence-electron chi connectivity index (χ4n) is 3.85. The molecule has 3 aromatic rings. The molecule has 4 rings (SSSR count). The van der Waals surface area contributed by atoms with Gasteiger partial charge in [0.1, 0.15) is 0 Å². The summed E-state index contributed by atoms with van der Waals surface area (Å²) in [6.07, 6.45) is 0. The average Bonchev–Trinajstić information content (AvgIpc) is 3.17. The number of fused-ring (bicyclic) bond motifs is 1. The minimum atomic E-state index is -1.24. The van der Waals surface area contributed by atoms with Crippen molar-refractivity contribution in [3.63, 3.8) is 0 Å². The summed E-state index contributed by atoms with van der Waals surface area (Å²) in [5, 5.41) is 14.9. The number of amides is 1. The molecule has 8 heteroatoms. The highest BCUT2D eigenvalue weighted by atomic mass is 16.5. The molecular formula is C27H25N3O5. The van der Waals surface area contributed by atoms with E-state index < -0.39 is 18.5 Å². The fourth-order valence-corrected chi connectivity index (χ4v) is 3.85. The first-order chi connectivity index (χ1) is 16.8. The van der Waals surface area contributed by atoms with E-state index in [1.54, 1.807) is 6.07 Å². The number of ether oxygens (including phenoxy) is 1. The molecule has 35 heavy (non-hydrogen) atoms. The maximum absolute atomic E-state index is 13.1. The molecule has 0 radical (unpaired) electrons. The molecule has 1 heterocycles. The zero-order valence-electron chi connectivity index (χ0n) is 19.4. The van der Waals surface area contributed by atoms with E-state index in [0.29, 0.717) is 22.5 Å². The van der Waals surface area contributed by atoms with E-state index >= 15 is 0 Å². The lowest BCUT2D eigenvalue weighted by Crippen LogP contribution is -2.13. The Morgan fingerprint density at radius 1 is 0.971 bits per heavy atom. The average molecular weight is 472 g/mol. The topological polar surface area (TPSA) is 108 Å². The fraction of sp³-hybridized carbons (Fsp3) is 0.148. The third-order valence-corrected chi connectivity index (χ3v) is 5.36. The molecule has 0 bridgehead atoms. The molecule has 178 valence electrons. The van der Waals surface area contributed by atoms with Gasteiger partial charge in [-0.25, -0.2) is 9.59 Å². The van der Waals surface area contributed by atoms with Gasteiger partial charge in [-0.2, -0.15) is 0 Å². The Hall–Kier alpha value is -4.43. The zero-order valence-corrected chi connectivity index (χ0v) is 19.4. The number of nitrogens with one attached hydrogen (secondary N) is 2. The third-order valence-electron chi connectivity index (χ3n) is 5.36. The summed E-state index contributed by atoms with van der Waals surface area (Å²) >= 11 is 0. The van der Waals surface area contributed by atoms with Gasteiger partial charge in [-0.1, -0.05) is 48.5 Å². The van der Waals surface area contributed by atoms with Crippen LogP contribution in [0.2, 0.25) is 0 Å². The van der Waals surface area contributed by atoms with Crippen molar-refractivity contribution in [1.29, 1.82) is 0 Å². The lowest BCUT2D eigenvalue weighted by Gasteiger charge is -2.16. The van der Waals surface area contributed by atoms with Crippen molar-refractivity contribution in [2.75, 3.05) is 31.3 Å². The van der Waals surface area contributed by atoms with E-state index in [1.165, 1.54) is 17.7 Å². The second-order valence-corrected chi connectivity index (χ2v) is 8.36. The van der Waals surface area contributed by atoms with Gasteiger partial charge in [-0.05, 0) is 49.5 Å². The Morgan fingerprint density at radius 3 is 2.34 bits per heavy atom. The number of hydrogen-bond acceptors (Lipinski definition) is 6. The van der Waals surface area contributed by atoms with Crippen molar-refractivity contribution in [3.8, 4) is 0 Å². The quantitative estimate of drug-likeness (QED) is 0.338. The van der Waals surface area contributed by atoms with Crippen LogP contribution in [-0.2, 0) is 20.9 Å². The Balaban J connectivity index is 1.72. The lowest BCUT2D eigenvalue weighted by atomic mass is 9.99. The molecule has 3 N–H and O–H groups in total. The molecule has 0 unspecified atom stereocenters. The summed E-state index contributed by atoms with van der Waals surface area (Å²) in [5.41, 5.74) is 5.11. The van der Waals surface area contributed by atoms with E-state index in [4.69, 9.17) is 9.84 Å². The highest BCUT2D eigenvalue weighted by Crippen LogP contribution is 2.38. The van der Waals surface area contributed by atoms with Crippen molar-refractivity contribution < 1.29 is 24.2 Å². The van der Waals surface area contributed by atoms with Crippen molar-refractivity contribution in [2.24, 2.45) is 0 Å². The molecule has 0 saturated carbocycles. The number of carbonyl (C=O) groups excluding carboxylic acids is 2. The predicted octanol–water partition coefficient (Wildman–Crippen LogP) is 3.92. The van der Waals surface area contributed by atoms with Gasteiger partial charge in [-0.3, -0.25) is 4.79 Å². The van der Waals surface area contributed by atoms with Gasteiger partial charge >= 0.3 is 11.9 Å². The lowest BCUT2D eigenvalue weighted by molar-refractivity contribution is -0.140. The van der Waals surface area contributed by atoms with Crippen LogP contribution < -0.4 is 10.6 Å². The van der Waals surface area contributed by atoms with Gasteiger partial charge in [0.15, 0.2) is 6.61 Å². The van der Waals surface area contributed by atoms with Gasteiger partial charge in [0.05, 0.1) is 22.5 Å². The number of aliphatic carboxylic acids is 1. The largest absolute Gasteiger partial charge is 0.479 e. The van der Waals surface area contributed by atoms with Crippen molar-refractivity contribution in [3.05, 3.63) is 95.1 Å². The molecule has 1 amide bonds. The Bertz CT molecular complexity index is 1300. The summed E-state index contributed by atoms with van der Waals surface area (Å²) in [5.74, 6) is -2.33. The number of benzene rings is 3. The highest BCUT2D eigenvalue weighted by molar-refractivity contribution is 6.37. The molecule has 8 nitrogen and oxygen atoms in total. The van der Waals surface area contributed by atoms with Gasteiger partial charge in [0.2, 0.25) is 0 Å². The number of carboxylic acid groups (broad SMARTS) is 1. The van der Waals surface area contributed by atoms with Gasteiger partial charge < -0.3 is 25.4 Å². The predicted molar refractivity (Wildman–Crippen MR) is 134 cm³/mol. The van der Waals surface area contributed by atoms with E-state index in [2.05, 4.69) is 15.5 Å². The molecule has 1 aliphatic heterocycles. The van der Waals surface area contributed by atoms with Crippen LogP contribution in [0.3, 0.4) is 0 Å². The first-order valence-corrected chi connectivity index (χ1v) is 11.0. The standard InChI is InChI=1S/C27H25N3O5/c1-30(2)15-17-8-11-20(12-9-17)28-25(18-6-4-3-5-7-18)24-21-13-10-19(14-22(21)29-26(24)33)27(34)35-16-23(31)32/h3-14,28H,15-16H2,1-2H3,(H,29,33)(H,31,32). The molecular weight excluding hydrogens is 446 g/mol. The molecule has 0 aliphatic carbocycles. The minimum absolute atomic E-state index is 0.150. The molecule has 0 atom stereocenters. The van der Waals surface area contributed by atoms with Crippen LogP contribution in [0.5, 0.6) is 0 Å². The van der Waals surface area contributed by atoms with E-state index in [0.717, 1.165) is 17.8 Å². The molecule has 0 fully saturated rings. The summed E-state index contributed by atoms with van der Waals surface area (Å²) in [6, 6.07) is 22.2. The molecule has 0 spiro atoms. The number of carboxylic acids is 1. The van der Waals surface area contributed by atoms with Crippen LogP contribution in [0.1, 0.15) is 27.0 Å². The first kappa shape index (κ1) is 23.7. The maximum Gasteiger partial charge on any atom is 0.341 e. The number of hydrogen-bond donors (Lipinski definition) is 3. The van der Waals surface area contributed by atoms with Crippen LogP contribution >= 0.6 is 0 Å². The van der Waals surface area contributed by atoms with Crippen molar-refractivity contribution in [2.45, 2.75) is 6.54 Å². The summed E-state index contributed by atoms with van der Waals surface area (Å²) in [7, 11) is 4.02. The van der Waals surface area contributed by atoms with Crippen molar-refractivity contribution >= 4 is 40.5 Å². The number of carbonyl (C=O) groups is 3. The van der Waals surface area contributed by atoms with Crippen LogP contribution in [-0.4, -0.2) is 48.6 Å². The molecule has 3 aromatic carbocycles. The summed E-state index contributed by atoms with van der Waals surface area (Å²) in [4.78, 5) is 38.0. The summed E-state index contributed by atoms with van der Waals surface area (Å²) in [6.45, 7) is 0.0861. The van der Waals surface area contributed by atoms with Crippen LogP contribution in [0.15, 0.2) is 72.8 Å². The molecule has 0 saturated heterocycles. The van der Waals surface area contributed by atoms with Crippen LogP contribution in [0.25, 0.3) is 11.3 Å². The SMILES string of the molecule is CN(C)Cc1ccc(NC(=C2C(=O)Nc3cc(C(=O)OCC(=O)O)ccc32)c2ccccc2)cc1. The third kappa shape index (κ3) is 5.56. The van der Waals surface area contributed by atoms with Gasteiger partial charge in [-0.15, -0.1) is 0 Å².